The van der Waals surface area contributed by atoms with Crippen LogP contribution in [0.25, 0.3) is 0 Å². The minimum absolute atomic E-state index is 0.103. The summed E-state index contributed by atoms with van der Waals surface area (Å²) in [6.07, 6.45) is 0.255. The molecule has 0 saturated heterocycles. The third-order valence-corrected chi connectivity index (χ3v) is 4.93. The first-order chi connectivity index (χ1) is 12.9. The van der Waals surface area contributed by atoms with Gasteiger partial charge in [0.2, 0.25) is 17.7 Å². The number of rotatable bonds is 5. The van der Waals surface area contributed by atoms with Crippen LogP contribution in [-0.4, -0.2) is 24.3 Å². The van der Waals surface area contributed by atoms with Crippen molar-refractivity contribution in [2.75, 3.05) is 17.2 Å². The highest BCUT2D eigenvalue weighted by molar-refractivity contribution is 9.10. The second-order valence-electron chi connectivity index (χ2n) is 6.44. The Balaban J connectivity index is 1.55. The van der Waals surface area contributed by atoms with Gasteiger partial charge in [0.25, 0.3) is 0 Å². The predicted octanol–water partition coefficient (Wildman–Crippen LogP) is 3.33. The summed E-state index contributed by atoms with van der Waals surface area (Å²) in [4.78, 5) is 36.5. The van der Waals surface area contributed by atoms with Gasteiger partial charge in [-0.05, 0) is 36.2 Å². The Kier molecular flexibility index (Phi) is 5.91. The second kappa shape index (κ2) is 8.35. The Hall–Kier alpha value is -2.67. The number of nitrogens with one attached hydrogen (secondary N) is 3. The lowest BCUT2D eigenvalue weighted by molar-refractivity contribution is -0.126. The van der Waals surface area contributed by atoms with Crippen molar-refractivity contribution < 1.29 is 14.4 Å². The largest absolute Gasteiger partial charge is 0.355 e. The number of amides is 3. The average Bonchev–Trinajstić information content (AvgIpc) is 2.64. The number of anilines is 2. The molecule has 6 nitrogen and oxygen atoms in total. The van der Waals surface area contributed by atoms with Crippen LogP contribution >= 0.6 is 15.9 Å². The molecule has 0 radical (unpaired) electrons. The van der Waals surface area contributed by atoms with E-state index in [1.165, 1.54) is 0 Å². The smallest absolute Gasteiger partial charge is 0.228 e. The zero-order valence-electron chi connectivity index (χ0n) is 14.8. The first-order valence-electron chi connectivity index (χ1n) is 8.66. The van der Waals surface area contributed by atoms with Crippen LogP contribution in [0.4, 0.5) is 11.4 Å². The SMILES string of the molecule is Cc1ccc(Br)cc1NC(=O)CCNC(=O)C1CC(=O)Nc2ccccc21. The Labute approximate surface area is 165 Å². The molecule has 2 aromatic rings. The molecule has 140 valence electrons. The highest BCUT2D eigenvalue weighted by Crippen LogP contribution is 2.31. The average molecular weight is 430 g/mol. The summed E-state index contributed by atoms with van der Waals surface area (Å²) >= 11 is 3.38. The maximum Gasteiger partial charge on any atom is 0.228 e. The summed E-state index contributed by atoms with van der Waals surface area (Å²) in [5, 5.41) is 8.38. The van der Waals surface area contributed by atoms with Crippen molar-refractivity contribution in [2.45, 2.75) is 25.7 Å². The number of hydrogen-bond acceptors (Lipinski definition) is 3. The van der Waals surface area contributed by atoms with Gasteiger partial charge in [0, 0.05) is 35.2 Å². The van der Waals surface area contributed by atoms with Crippen molar-refractivity contribution in [1.29, 1.82) is 0 Å². The zero-order chi connectivity index (χ0) is 19.4. The lowest BCUT2D eigenvalue weighted by Crippen LogP contribution is -2.36. The van der Waals surface area contributed by atoms with Gasteiger partial charge in [0.1, 0.15) is 0 Å². The van der Waals surface area contributed by atoms with E-state index in [1.54, 1.807) is 6.07 Å². The maximum atomic E-state index is 12.5. The molecule has 27 heavy (non-hydrogen) atoms. The fourth-order valence-corrected chi connectivity index (χ4v) is 3.37. The molecule has 0 spiro atoms. The van der Waals surface area contributed by atoms with E-state index >= 15 is 0 Å². The minimum atomic E-state index is -0.537. The molecule has 0 aliphatic carbocycles. The maximum absolute atomic E-state index is 12.5. The number of para-hydroxylation sites is 1. The van der Waals surface area contributed by atoms with E-state index in [2.05, 4.69) is 31.9 Å². The summed E-state index contributed by atoms with van der Waals surface area (Å²) in [6, 6.07) is 12.9. The van der Waals surface area contributed by atoms with E-state index in [9.17, 15) is 14.4 Å². The van der Waals surface area contributed by atoms with Crippen LogP contribution in [0.5, 0.6) is 0 Å². The number of aryl methyl sites for hydroxylation is 1. The Morgan fingerprint density at radius 2 is 2.00 bits per heavy atom. The quantitative estimate of drug-likeness (QED) is 0.680. The number of carbonyl (C=O) groups is 3. The van der Waals surface area contributed by atoms with Gasteiger partial charge in [-0.1, -0.05) is 40.2 Å². The summed E-state index contributed by atoms with van der Waals surface area (Å²) in [5.74, 6) is -1.15. The molecular formula is C20H20BrN3O3. The van der Waals surface area contributed by atoms with Gasteiger partial charge in [-0.25, -0.2) is 0 Å². The molecule has 1 aliphatic rings. The van der Waals surface area contributed by atoms with Gasteiger partial charge in [0.15, 0.2) is 0 Å². The third-order valence-electron chi connectivity index (χ3n) is 4.44. The molecule has 3 N–H and O–H groups in total. The van der Waals surface area contributed by atoms with Crippen LogP contribution in [-0.2, 0) is 14.4 Å². The van der Waals surface area contributed by atoms with Crippen LogP contribution < -0.4 is 16.0 Å². The van der Waals surface area contributed by atoms with Crippen LogP contribution in [0, 0.1) is 6.92 Å². The van der Waals surface area contributed by atoms with E-state index in [-0.39, 0.29) is 37.1 Å². The van der Waals surface area contributed by atoms with E-state index in [4.69, 9.17) is 0 Å². The molecule has 2 aromatic carbocycles. The number of benzene rings is 2. The molecule has 1 unspecified atom stereocenters. The first-order valence-corrected chi connectivity index (χ1v) is 9.46. The van der Waals surface area contributed by atoms with Crippen molar-refractivity contribution in [1.82, 2.24) is 5.32 Å². The van der Waals surface area contributed by atoms with Crippen molar-refractivity contribution in [3.05, 3.63) is 58.1 Å². The van der Waals surface area contributed by atoms with E-state index < -0.39 is 5.92 Å². The van der Waals surface area contributed by atoms with Crippen molar-refractivity contribution in [2.24, 2.45) is 0 Å². The van der Waals surface area contributed by atoms with Crippen LogP contribution in [0.3, 0.4) is 0 Å². The summed E-state index contributed by atoms with van der Waals surface area (Å²) in [6.45, 7) is 2.12. The Morgan fingerprint density at radius 1 is 1.22 bits per heavy atom. The fraction of sp³-hybridized carbons (Fsp3) is 0.250. The lowest BCUT2D eigenvalue weighted by Gasteiger charge is -2.24. The molecule has 0 fully saturated rings. The number of fused-ring (bicyclic) bond motifs is 1. The lowest BCUT2D eigenvalue weighted by atomic mass is 9.90. The minimum Gasteiger partial charge on any atom is -0.355 e. The molecule has 0 aromatic heterocycles. The third kappa shape index (κ3) is 4.74. The molecular weight excluding hydrogens is 410 g/mol. The molecule has 7 heteroatoms. The monoisotopic (exact) mass is 429 g/mol. The molecule has 3 amide bonds. The number of halogens is 1. The summed E-state index contributed by atoms with van der Waals surface area (Å²) in [5.41, 5.74) is 3.15. The second-order valence-corrected chi connectivity index (χ2v) is 7.36. The Morgan fingerprint density at radius 3 is 2.81 bits per heavy atom. The topological polar surface area (TPSA) is 87.3 Å². The van der Waals surface area contributed by atoms with Gasteiger partial charge in [-0.2, -0.15) is 0 Å². The van der Waals surface area contributed by atoms with Crippen LogP contribution in [0.2, 0.25) is 0 Å². The van der Waals surface area contributed by atoms with Gasteiger partial charge in [0.05, 0.1) is 5.92 Å². The van der Waals surface area contributed by atoms with Gasteiger partial charge in [-0.15, -0.1) is 0 Å². The van der Waals surface area contributed by atoms with Crippen LogP contribution in [0.1, 0.15) is 29.9 Å². The Bertz CT molecular complexity index is 898. The van der Waals surface area contributed by atoms with Crippen molar-refractivity contribution in [3.63, 3.8) is 0 Å². The van der Waals surface area contributed by atoms with Gasteiger partial charge >= 0.3 is 0 Å². The van der Waals surface area contributed by atoms with Gasteiger partial charge < -0.3 is 16.0 Å². The van der Waals surface area contributed by atoms with E-state index in [0.717, 1.165) is 21.3 Å². The van der Waals surface area contributed by atoms with Crippen molar-refractivity contribution in [3.8, 4) is 0 Å². The van der Waals surface area contributed by atoms with E-state index in [1.807, 2.05) is 43.3 Å². The summed E-state index contributed by atoms with van der Waals surface area (Å²) in [7, 11) is 0. The molecule has 1 aliphatic heterocycles. The fourth-order valence-electron chi connectivity index (χ4n) is 3.01. The van der Waals surface area contributed by atoms with E-state index in [0.29, 0.717) is 5.69 Å². The van der Waals surface area contributed by atoms with Crippen LogP contribution in [0.15, 0.2) is 46.9 Å². The first kappa shape index (κ1) is 19.1. The normalized spacial score (nSPS) is 15.5. The number of carbonyl (C=O) groups excluding carboxylic acids is 3. The zero-order valence-corrected chi connectivity index (χ0v) is 16.4. The highest BCUT2D eigenvalue weighted by Gasteiger charge is 2.30. The predicted molar refractivity (Wildman–Crippen MR) is 108 cm³/mol. The number of hydrogen-bond donors (Lipinski definition) is 3. The summed E-state index contributed by atoms with van der Waals surface area (Å²) < 4.78 is 0.881. The molecule has 1 atom stereocenters. The molecule has 0 bridgehead atoms. The highest BCUT2D eigenvalue weighted by atomic mass is 79.9. The molecule has 1 heterocycles. The van der Waals surface area contributed by atoms with Gasteiger partial charge in [-0.3, -0.25) is 14.4 Å². The van der Waals surface area contributed by atoms with Crippen molar-refractivity contribution >= 4 is 45.0 Å². The molecule has 0 saturated carbocycles. The standard InChI is InChI=1S/C20H20BrN3O3/c1-12-6-7-13(21)10-17(12)24-18(25)8-9-22-20(27)15-11-19(26)23-16-5-3-2-4-14(15)16/h2-7,10,15H,8-9,11H2,1H3,(H,22,27)(H,23,26)(H,24,25). The molecule has 3 rings (SSSR count).